The summed E-state index contributed by atoms with van der Waals surface area (Å²) in [5.74, 6) is 0.729. The van der Waals surface area contributed by atoms with Crippen molar-refractivity contribution in [2.75, 3.05) is 31.5 Å². The maximum absolute atomic E-state index is 12.4. The Balaban J connectivity index is 1.48. The Morgan fingerprint density at radius 3 is 2.86 bits per heavy atom. The van der Waals surface area contributed by atoms with Gasteiger partial charge in [-0.25, -0.2) is 4.98 Å². The van der Waals surface area contributed by atoms with Gasteiger partial charge in [0.1, 0.15) is 11.2 Å². The van der Waals surface area contributed by atoms with Crippen LogP contribution in [0.3, 0.4) is 0 Å². The quantitative estimate of drug-likeness (QED) is 0.792. The van der Waals surface area contributed by atoms with Gasteiger partial charge in [0, 0.05) is 25.8 Å². The number of carbonyl (C=O) groups excluding carboxylic acids is 1. The molecule has 0 aliphatic carbocycles. The van der Waals surface area contributed by atoms with E-state index >= 15 is 0 Å². The molecule has 2 aliphatic rings. The molecule has 28 heavy (non-hydrogen) atoms. The fourth-order valence-corrected chi connectivity index (χ4v) is 3.42. The molecule has 150 valence electrons. The number of pyridine rings is 1. The van der Waals surface area contributed by atoms with Crippen LogP contribution in [0, 0.1) is 0 Å². The van der Waals surface area contributed by atoms with Gasteiger partial charge in [0.15, 0.2) is 0 Å². The number of hydrogen-bond donors (Lipinski definition) is 2. The molecular weight excluding hydrogens is 377 g/mol. The van der Waals surface area contributed by atoms with Gasteiger partial charge in [-0.1, -0.05) is 0 Å². The van der Waals surface area contributed by atoms with Crippen LogP contribution in [-0.2, 0) is 10.2 Å². The average Bonchev–Trinajstić information content (AvgIpc) is 3.21. The zero-order valence-electron chi connectivity index (χ0n) is 15.1. The summed E-state index contributed by atoms with van der Waals surface area (Å²) in [6.07, 6.45) is -2.08. The van der Waals surface area contributed by atoms with Crippen LogP contribution in [0.1, 0.15) is 19.2 Å². The molecule has 0 saturated carbocycles. The summed E-state index contributed by atoms with van der Waals surface area (Å²) < 4.78 is 43.0. The van der Waals surface area contributed by atoms with E-state index < -0.39 is 18.1 Å². The second-order valence-electron chi connectivity index (χ2n) is 7.30. The number of aromatic nitrogens is 3. The van der Waals surface area contributed by atoms with E-state index in [1.807, 2.05) is 0 Å². The SMILES string of the molecule is CC1(c2nnc(-c3cccnc3NC3CN(CC(F)(F)F)C3)o2)CCNC1=O. The van der Waals surface area contributed by atoms with Gasteiger partial charge in [-0.15, -0.1) is 10.2 Å². The number of likely N-dealkylation sites (tertiary alicyclic amines) is 1. The number of halogens is 3. The summed E-state index contributed by atoms with van der Waals surface area (Å²) >= 11 is 0. The summed E-state index contributed by atoms with van der Waals surface area (Å²) in [5.41, 5.74) is -0.329. The van der Waals surface area contributed by atoms with Crippen molar-refractivity contribution in [3.63, 3.8) is 0 Å². The van der Waals surface area contributed by atoms with Gasteiger partial charge < -0.3 is 15.1 Å². The predicted octanol–water partition coefficient (Wildman–Crippen LogP) is 1.57. The first-order valence-electron chi connectivity index (χ1n) is 8.88. The number of rotatable bonds is 5. The number of anilines is 1. The van der Waals surface area contributed by atoms with Crippen molar-refractivity contribution in [2.24, 2.45) is 0 Å². The minimum absolute atomic E-state index is 0.156. The van der Waals surface area contributed by atoms with Crippen molar-refractivity contribution in [1.29, 1.82) is 0 Å². The van der Waals surface area contributed by atoms with E-state index in [2.05, 4.69) is 25.8 Å². The van der Waals surface area contributed by atoms with Gasteiger partial charge in [0.05, 0.1) is 18.2 Å². The smallest absolute Gasteiger partial charge is 0.401 e. The van der Waals surface area contributed by atoms with Gasteiger partial charge in [0.2, 0.25) is 11.8 Å². The molecule has 0 radical (unpaired) electrons. The van der Waals surface area contributed by atoms with Gasteiger partial charge >= 0.3 is 6.18 Å². The van der Waals surface area contributed by atoms with Crippen LogP contribution in [-0.4, -0.2) is 64.4 Å². The third kappa shape index (κ3) is 3.53. The molecule has 1 amide bonds. The van der Waals surface area contributed by atoms with Crippen LogP contribution >= 0.6 is 0 Å². The first kappa shape index (κ1) is 18.7. The second-order valence-corrected chi connectivity index (χ2v) is 7.30. The van der Waals surface area contributed by atoms with Crippen LogP contribution in [0.2, 0.25) is 0 Å². The van der Waals surface area contributed by atoms with Gasteiger partial charge in [-0.3, -0.25) is 9.69 Å². The molecule has 2 saturated heterocycles. The van der Waals surface area contributed by atoms with E-state index in [0.29, 0.717) is 24.3 Å². The number of nitrogens with one attached hydrogen (secondary N) is 2. The maximum Gasteiger partial charge on any atom is 0.401 e. The topological polar surface area (TPSA) is 96.2 Å². The molecule has 2 aromatic heterocycles. The summed E-state index contributed by atoms with van der Waals surface area (Å²) in [7, 11) is 0. The summed E-state index contributed by atoms with van der Waals surface area (Å²) in [4.78, 5) is 17.6. The van der Waals surface area contributed by atoms with Crippen LogP contribution < -0.4 is 10.6 Å². The molecule has 0 bridgehead atoms. The van der Waals surface area contributed by atoms with Crippen molar-refractivity contribution in [3.8, 4) is 11.5 Å². The van der Waals surface area contributed by atoms with E-state index in [9.17, 15) is 18.0 Å². The molecular formula is C17H19F3N6O2. The van der Waals surface area contributed by atoms with Crippen LogP contribution in [0.15, 0.2) is 22.7 Å². The molecule has 2 N–H and O–H groups in total. The highest BCUT2D eigenvalue weighted by molar-refractivity contribution is 5.88. The van der Waals surface area contributed by atoms with Crippen molar-refractivity contribution >= 4 is 11.7 Å². The summed E-state index contributed by atoms with van der Waals surface area (Å²) in [6, 6.07) is 3.28. The Hall–Kier alpha value is -2.69. The zero-order valence-corrected chi connectivity index (χ0v) is 15.1. The van der Waals surface area contributed by atoms with Crippen molar-refractivity contribution in [3.05, 3.63) is 24.2 Å². The van der Waals surface area contributed by atoms with Crippen LogP contribution in [0.5, 0.6) is 0 Å². The number of amides is 1. The minimum Gasteiger partial charge on any atom is -0.419 e. The van der Waals surface area contributed by atoms with E-state index in [-0.39, 0.29) is 36.8 Å². The molecule has 0 spiro atoms. The third-order valence-electron chi connectivity index (χ3n) is 5.05. The number of carbonyl (C=O) groups is 1. The zero-order chi connectivity index (χ0) is 19.9. The summed E-state index contributed by atoms with van der Waals surface area (Å²) in [6.45, 7) is 1.90. The van der Waals surface area contributed by atoms with Gasteiger partial charge in [-0.05, 0) is 25.5 Å². The molecule has 2 aliphatic heterocycles. The minimum atomic E-state index is -4.20. The molecule has 11 heteroatoms. The molecule has 4 rings (SSSR count). The first-order valence-corrected chi connectivity index (χ1v) is 8.88. The maximum atomic E-state index is 12.4. The highest BCUT2D eigenvalue weighted by Crippen LogP contribution is 2.34. The summed E-state index contributed by atoms with van der Waals surface area (Å²) in [5, 5.41) is 14.0. The van der Waals surface area contributed by atoms with Gasteiger partial charge in [0.25, 0.3) is 5.89 Å². The highest BCUT2D eigenvalue weighted by atomic mass is 19.4. The lowest BCUT2D eigenvalue weighted by atomic mass is 9.89. The third-order valence-corrected chi connectivity index (χ3v) is 5.05. The molecule has 2 fully saturated rings. The fraction of sp³-hybridized carbons (Fsp3) is 0.529. The van der Waals surface area contributed by atoms with E-state index in [4.69, 9.17) is 4.42 Å². The molecule has 8 nitrogen and oxygen atoms in total. The molecule has 0 aromatic carbocycles. The Labute approximate surface area is 158 Å². The normalized spacial score (nSPS) is 23.5. The Kier molecular flexibility index (Phi) is 4.48. The van der Waals surface area contributed by atoms with Crippen molar-refractivity contribution in [2.45, 2.75) is 31.0 Å². The molecule has 1 atom stereocenters. The number of nitrogens with zero attached hydrogens (tertiary/aromatic N) is 4. The van der Waals surface area contributed by atoms with Crippen molar-refractivity contribution < 1.29 is 22.4 Å². The Bertz CT molecular complexity index is 880. The highest BCUT2D eigenvalue weighted by Gasteiger charge is 2.44. The monoisotopic (exact) mass is 396 g/mol. The number of hydrogen-bond acceptors (Lipinski definition) is 7. The average molecular weight is 396 g/mol. The lowest BCUT2D eigenvalue weighted by Gasteiger charge is -2.40. The lowest BCUT2D eigenvalue weighted by molar-refractivity contribution is -0.153. The largest absolute Gasteiger partial charge is 0.419 e. The fourth-order valence-electron chi connectivity index (χ4n) is 3.42. The Morgan fingerprint density at radius 2 is 2.18 bits per heavy atom. The van der Waals surface area contributed by atoms with Crippen LogP contribution in [0.4, 0.5) is 19.0 Å². The standard InChI is InChI=1S/C17H19F3N6O2/c1-16(4-6-22-14(16)27)15-25-24-13(28-15)11-3-2-5-21-12(11)23-10-7-26(8-10)9-17(18,19)20/h2-3,5,10H,4,6-9H2,1H3,(H,21,23)(H,22,27). The number of alkyl halides is 3. The predicted molar refractivity (Wildman–Crippen MR) is 92.4 cm³/mol. The second kappa shape index (κ2) is 6.73. The molecule has 4 heterocycles. The Morgan fingerprint density at radius 1 is 1.39 bits per heavy atom. The van der Waals surface area contributed by atoms with Crippen molar-refractivity contribution in [1.82, 2.24) is 25.4 Å². The molecule has 2 aromatic rings. The van der Waals surface area contributed by atoms with E-state index in [1.54, 1.807) is 25.3 Å². The van der Waals surface area contributed by atoms with E-state index in [1.165, 1.54) is 4.90 Å². The lowest BCUT2D eigenvalue weighted by Crippen LogP contribution is -2.57. The first-order chi connectivity index (χ1) is 13.2. The van der Waals surface area contributed by atoms with Crippen LogP contribution in [0.25, 0.3) is 11.5 Å². The molecule has 1 unspecified atom stereocenters. The van der Waals surface area contributed by atoms with E-state index in [0.717, 1.165) is 0 Å². The van der Waals surface area contributed by atoms with Gasteiger partial charge in [-0.2, -0.15) is 13.2 Å².